The number of aromatic amines is 2. The highest BCUT2D eigenvalue weighted by Gasteiger charge is 2.19. The van der Waals surface area contributed by atoms with Gasteiger partial charge in [-0.15, -0.1) is 0 Å². The molecule has 3 aromatic heterocycles. The lowest BCUT2D eigenvalue weighted by molar-refractivity contribution is 0.334. The van der Waals surface area contributed by atoms with E-state index >= 15 is 0 Å². The largest absolute Gasteiger partial charge is 0.340 e. The summed E-state index contributed by atoms with van der Waals surface area (Å²) in [7, 11) is 4.10. The minimum Gasteiger partial charge on any atom is -0.340 e. The number of nitrogens with zero attached hydrogens (tertiary/aromatic N) is 5. The average molecular weight is 590 g/mol. The van der Waals surface area contributed by atoms with Crippen molar-refractivity contribution in [2.75, 3.05) is 33.7 Å². The summed E-state index contributed by atoms with van der Waals surface area (Å²) in [6.45, 7) is 10.2. The first-order valence-corrected chi connectivity index (χ1v) is 15.4. The molecule has 0 spiro atoms. The smallest absolute Gasteiger partial charge is 0.159 e. The van der Waals surface area contributed by atoms with E-state index in [2.05, 4.69) is 74.9 Å². The standard InChI is InChI=1S/C36H40FN7/c1-5-9-31(28-16-25(18-30(37)19-28)10-8-15-44-13-6-7-14-44)34-24(2)39-36(40-34)35-32-20-27(11-12-33(32)41-42-35)29-17-26(21-38-22-29)23-43(3)4/h5,9,11-12,16-22H,1,6-8,10,13-15,23H2,2-4H3,(H,39,40)(H,41,42)/b31-9-. The van der Waals surface area contributed by atoms with Crippen molar-refractivity contribution in [1.82, 2.24) is 34.9 Å². The fraction of sp³-hybridized carbons (Fsp3) is 0.306. The normalized spacial score (nSPS) is 14.2. The predicted molar refractivity (Wildman–Crippen MR) is 177 cm³/mol. The molecule has 44 heavy (non-hydrogen) atoms. The molecule has 1 saturated heterocycles. The van der Waals surface area contributed by atoms with E-state index in [-0.39, 0.29) is 5.82 Å². The van der Waals surface area contributed by atoms with Crippen molar-refractivity contribution in [3.8, 4) is 22.6 Å². The van der Waals surface area contributed by atoms with Crippen LogP contribution in [-0.2, 0) is 13.0 Å². The number of benzene rings is 2. The first-order valence-electron chi connectivity index (χ1n) is 15.4. The maximum Gasteiger partial charge on any atom is 0.159 e. The Balaban J connectivity index is 1.30. The number of rotatable bonds is 11. The van der Waals surface area contributed by atoms with Gasteiger partial charge in [0.05, 0.1) is 11.2 Å². The van der Waals surface area contributed by atoms with E-state index in [9.17, 15) is 4.39 Å². The lowest BCUT2D eigenvalue weighted by atomic mass is 9.97. The fourth-order valence-electron chi connectivity index (χ4n) is 6.20. The van der Waals surface area contributed by atoms with Gasteiger partial charge in [0, 0.05) is 41.2 Å². The van der Waals surface area contributed by atoms with Crippen molar-refractivity contribution in [1.29, 1.82) is 0 Å². The molecule has 5 aromatic rings. The van der Waals surface area contributed by atoms with E-state index in [4.69, 9.17) is 4.98 Å². The Morgan fingerprint density at radius 1 is 1.05 bits per heavy atom. The number of nitrogens with one attached hydrogen (secondary N) is 2. The Hall–Kier alpha value is -4.40. The Bertz CT molecular complexity index is 1810. The number of hydrogen-bond acceptors (Lipinski definition) is 5. The molecule has 4 heterocycles. The zero-order chi connectivity index (χ0) is 30.6. The molecule has 2 aromatic carbocycles. The number of H-pyrrole nitrogens is 2. The van der Waals surface area contributed by atoms with Crippen LogP contribution in [-0.4, -0.2) is 68.7 Å². The van der Waals surface area contributed by atoms with Gasteiger partial charge in [-0.1, -0.05) is 30.9 Å². The lowest BCUT2D eigenvalue weighted by Gasteiger charge is -2.14. The molecule has 0 atom stereocenters. The average Bonchev–Trinajstić information content (AvgIpc) is 3.75. The van der Waals surface area contributed by atoms with Gasteiger partial charge in [-0.05, 0) is 119 Å². The summed E-state index contributed by atoms with van der Waals surface area (Å²) in [5, 5.41) is 8.76. The van der Waals surface area contributed by atoms with Gasteiger partial charge in [0.15, 0.2) is 5.82 Å². The van der Waals surface area contributed by atoms with Crippen molar-refractivity contribution in [2.24, 2.45) is 0 Å². The summed E-state index contributed by atoms with van der Waals surface area (Å²) in [5.74, 6) is 0.412. The molecule has 226 valence electrons. The maximum absolute atomic E-state index is 14.9. The van der Waals surface area contributed by atoms with Gasteiger partial charge in [0.2, 0.25) is 0 Å². The van der Waals surface area contributed by atoms with Crippen molar-refractivity contribution in [2.45, 2.75) is 39.2 Å². The zero-order valence-corrected chi connectivity index (χ0v) is 25.8. The van der Waals surface area contributed by atoms with E-state index in [1.807, 2.05) is 31.5 Å². The van der Waals surface area contributed by atoms with Gasteiger partial charge >= 0.3 is 0 Å². The predicted octanol–water partition coefficient (Wildman–Crippen LogP) is 7.17. The molecular weight excluding hydrogens is 549 g/mol. The highest BCUT2D eigenvalue weighted by Crippen LogP contribution is 2.33. The van der Waals surface area contributed by atoms with E-state index in [0.717, 1.165) is 87.3 Å². The van der Waals surface area contributed by atoms with Crippen LogP contribution < -0.4 is 0 Å². The van der Waals surface area contributed by atoms with Crippen LogP contribution in [0, 0.1) is 12.7 Å². The second-order valence-electron chi connectivity index (χ2n) is 12.0. The van der Waals surface area contributed by atoms with Crippen LogP contribution in [0.3, 0.4) is 0 Å². The number of imidazole rings is 1. The molecule has 0 amide bonds. The summed E-state index contributed by atoms with van der Waals surface area (Å²) in [4.78, 5) is 17.6. The van der Waals surface area contributed by atoms with Gasteiger partial charge in [-0.3, -0.25) is 10.1 Å². The highest BCUT2D eigenvalue weighted by atomic mass is 19.1. The highest BCUT2D eigenvalue weighted by molar-refractivity contribution is 5.95. The second-order valence-corrected chi connectivity index (χ2v) is 12.0. The number of aromatic nitrogens is 5. The monoisotopic (exact) mass is 589 g/mol. The number of fused-ring (bicyclic) bond motifs is 1. The molecule has 0 unspecified atom stereocenters. The van der Waals surface area contributed by atoms with Crippen LogP contribution in [0.1, 0.15) is 47.3 Å². The number of likely N-dealkylation sites (tertiary alicyclic amines) is 1. The topological polar surface area (TPSA) is 76.7 Å². The third-order valence-corrected chi connectivity index (χ3v) is 8.25. The number of allylic oxidation sites excluding steroid dienone is 2. The number of hydrogen-bond donors (Lipinski definition) is 2. The lowest BCUT2D eigenvalue weighted by Crippen LogP contribution is -2.20. The van der Waals surface area contributed by atoms with E-state index in [1.165, 1.54) is 25.9 Å². The van der Waals surface area contributed by atoms with Crippen molar-refractivity contribution < 1.29 is 4.39 Å². The molecule has 7 nitrogen and oxygen atoms in total. The first kappa shape index (κ1) is 29.7. The summed E-state index contributed by atoms with van der Waals surface area (Å²) in [6.07, 6.45) is 11.8. The molecule has 0 bridgehead atoms. The van der Waals surface area contributed by atoms with Gasteiger partial charge in [0.1, 0.15) is 11.5 Å². The fourth-order valence-corrected chi connectivity index (χ4v) is 6.20. The van der Waals surface area contributed by atoms with Crippen LogP contribution in [0.15, 0.2) is 73.6 Å². The van der Waals surface area contributed by atoms with E-state index < -0.39 is 0 Å². The van der Waals surface area contributed by atoms with Gasteiger partial charge < -0.3 is 14.8 Å². The Labute approximate surface area is 258 Å². The minimum absolute atomic E-state index is 0.239. The third-order valence-electron chi connectivity index (χ3n) is 8.25. The summed E-state index contributed by atoms with van der Waals surface area (Å²) in [5.41, 5.74) is 9.15. The van der Waals surface area contributed by atoms with Crippen molar-refractivity contribution >= 4 is 16.5 Å². The molecule has 1 aliphatic heterocycles. The van der Waals surface area contributed by atoms with Crippen LogP contribution in [0.5, 0.6) is 0 Å². The quantitative estimate of drug-likeness (QED) is 0.160. The van der Waals surface area contributed by atoms with E-state index in [1.54, 1.807) is 18.2 Å². The van der Waals surface area contributed by atoms with Crippen LogP contribution >= 0.6 is 0 Å². The molecule has 6 rings (SSSR count). The summed E-state index contributed by atoms with van der Waals surface area (Å²) < 4.78 is 14.9. The Morgan fingerprint density at radius 3 is 2.68 bits per heavy atom. The van der Waals surface area contributed by atoms with Crippen LogP contribution in [0.2, 0.25) is 0 Å². The minimum atomic E-state index is -0.239. The molecule has 0 aliphatic carbocycles. The molecule has 1 aliphatic rings. The van der Waals surface area contributed by atoms with Crippen LogP contribution in [0.4, 0.5) is 4.39 Å². The number of aryl methyl sites for hydroxylation is 2. The molecule has 8 heteroatoms. The summed E-state index contributed by atoms with van der Waals surface area (Å²) >= 11 is 0. The Kier molecular flexibility index (Phi) is 8.82. The number of halogens is 1. The molecular formula is C36H40FN7. The molecule has 0 saturated carbocycles. The van der Waals surface area contributed by atoms with Crippen molar-refractivity contribution in [3.05, 3.63) is 107 Å². The SMILES string of the molecule is C=C/C=C(/c1cc(F)cc(CCCN2CCCC2)c1)c1nc(-c2n[nH]c3ccc(-c4cncc(CN(C)C)c4)cc23)[nH]c1C. The van der Waals surface area contributed by atoms with E-state index in [0.29, 0.717) is 5.82 Å². The van der Waals surface area contributed by atoms with Crippen molar-refractivity contribution in [3.63, 3.8) is 0 Å². The van der Waals surface area contributed by atoms with Gasteiger partial charge in [-0.25, -0.2) is 9.37 Å². The second kappa shape index (κ2) is 13.1. The summed E-state index contributed by atoms with van der Waals surface area (Å²) in [6, 6.07) is 13.8. The zero-order valence-electron chi connectivity index (χ0n) is 25.8. The maximum atomic E-state index is 14.9. The van der Waals surface area contributed by atoms with Gasteiger partial charge in [0.25, 0.3) is 0 Å². The number of pyridine rings is 1. The first-order chi connectivity index (χ1) is 21.4. The Morgan fingerprint density at radius 2 is 1.89 bits per heavy atom. The third kappa shape index (κ3) is 6.56. The molecule has 0 radical (unpaired) electrons. The molecule has 1 fully saturated rings. The van der Waals surface area contributed by atoms with Crippen LogP contribution in [0.25, 0.3) is 39.1 Å². The van der Waals surface area contributed by atoms with Gasteiger partial charge in [-0.2, -0.15) is 5.10 Å². The molecule has 2 N–H and O–H groups in total.